The van der Waals surface area contributed by atoms with Crippen molar-refractivity contribution in [3.8, 4) is 0 Å². The Hall–Kier alpha value is -1.14. The minimum atomic E-state index is -0.877. The quantitative estimate of drug-likeness (QED) is 0.673. The van der Waals surface area contributed by atoms with E-state index in [1.807, 2.05) is 4.90 Å². The third kappa shape index (κ3) is 3.46. The van der Waals surface area contributed by atoms with Crippen LogP contribution in [0.2, 0.25) is 0 Å². The molecule has 0 saturated carbocycles. The van der Waals surface area contributed by atoms with E-state index in [0.29, 0.717) is 26.2 Å². The number of methoxy groups -OCH3 is 1. The van der Waals surface area contributed by atoms with Crippen molar-refractivity contribution in [2.24, 2.45) is 0 Å². The van der Waals surface area contributed by atoms with Crippen molar-refractivity contribution < 1.29 is 19.4 Å². The Balaban J connectivity index is 2.54. The van der Waals surface area contributed by atoms with Gasteiger partial charge in [0, 0.05) is 27.2 Å². The molecule has 0 aromatic carbocycles. The second-order valence-corrected chi connectivity index (χ2v) is 3.98. The van der Waals surface area contributed by atoms with E-state index in [1.54, 1.807) is 14.2 Å². The van der Waals surface area contributed by atoms with Crippen LogP contribution < -0.4 is 0 Å². The van der Waals surface area contributed by atoms with Gasteiger partial charge in [0.25, 0.3) is 0 Å². The molecule has 0 radical (unpaired) electrons. The maximum atomic E-state index is 11.6. The summed E-state index contributed by atoms with van der Waals surface area (Å²) in [5, 5.41) is 8.75. The van der Waals surface area contributed by atoms with E-state index in [1.165, 1.54) is 4.90 Å². The second-order valence-electron chi connectivity index (χ2n) is 3.98. The molecule has 1 rings (SSSR count). The number of likely N-dealkylation sites (N-methyl/N-ethyl adjacent to an activating group) is 1. The van der Waals surface area contributed by atoms with E-state index in [2.05, 4.69) is 0 Å². The van der Waals surface area contributed by atoms with Crippen molar-refractivity contribution in [3.05, 3.63) is 0 Å². The van der Waals surface area contributed by atoms with Gasteiger partial charge in [-0.25, -0.2) is 0 Å². The SMILES string of the molecule is COCCN1CC(=O)N(C)C(CC(=O)O)C1. The van der Waals surface area contributed by atoms with Gasteiger partial charge in [0.15, 0.2) is 0 Å². The molecule has 1 atom stereocenters. The second kappa shape index (κ2) is 5.81. The standard InChI is InChI=1S/C10H18N2O4/c1-11-8(5-10(14)15)6-12(3-4-16-2)7-9(11)13/h8H,3-7H2,1-2H3,(H,14,15). The topological polar surface area (TPSA) is 70.1 Å². The summed E-state index contributed by atoms with van der Waals surface area (Å²) in [6.07, 6.45) is -0.00821. The van der Waals surface area contributed by atoms with Crippen molar-refractivity contribution >= 4 is 11.9 Å². The van der Waals surface area contributed by atoms with Crippen molar-refractivity contribution in [1.29, 1.82) is 0 Å². The zero-order valence-electron chi connectivity index (χ0n) is 9.68. The minimum absolute atomic E-state index is 0.00821. The Morgan fingerprint density at radius 2 is 2.31 bits per heavy atom. The largest absolute Gasteiger partial charge is 0.481 e. The molecule has 6 heteroatoms. The lowest BCUT2D eigenvalue weighted by Crippen LogP contribution is -2.55. The molecule has 16 heavy (non-hydrogen) atoms. The van der Waals surface area contributed by atoms with Gasteiger partial charge in [-0.3, -0.25) is 14.5 Å². The van der Waals surface area contributed by atoms with E-state index in [9.17, 15) is 9.59 Å². The number of piperazine rings is 1. The van der Waals surface area contributed by atoms with Crippen LogP contribution in [0.15, 0.2) is 0 Å². The summed E-state index contributed by atoms with van der Waals surface area (Å²) in [6, 6.07) is -0.240. The van der Waals surface area contributed by atoms with Gasteiger partial charge in [-0.2, -0.15) is 0 Å². The molecule has 1 aliphatic rings. The number of aliphatic carboxylic acids is 1. The summed E-state index contributed by atoms with van der Waals surface area (Å²) in [6.45, 7) is 2.15. The van der Waals surface area contributed by atoms with Gasteiger partial charge >= 0.3 is 5.97 Å². The molecule has 0 spiro atoms. The Morgan fingerprint density at radius 3 is 2.88 bits per heavy atom. The van der Waals surface area contributed by atoms with E-state index in [0.717, 1.165) is 0 Å². The smallest absolute Gasteiger partial charge is 0.305 e. The van der Waals surface area contributed by atoms with Gasteiger partial charge in [0.2, 0.25) is 5.91 Å². The lowest BCUT2D eigenvalue weighted by atomic mass is 10.1. The molecule has 1 amide bonds. The highest BCUT2D eigenvalue weighted by molar-refractivity contribution is 5.80. The lowest BCUT2D eigenvalue weighted by molar-refractivity contribution is -0.143. The number of carbonyl (C=O) groups is 2. The average molecular weight is 230 g/mol. The molecule has 0 aromatic heterocycles. The van der Waals surface area contributed by atoms with Gasteiger partial charge in [-0.15, -0.1) is 0 Å². The number of amides is 1. The molecular formula is C10H18N2O4. The van der Waals surface area contributed by atoms with Gasteiger partial charge in [0.05, 0.1) is 25.6 Å². The van der Waals surface area contributed by atoms with Crippen LogP contribution in [0, 0.1) is 0 Å². The summed E-state index contributed by atoms with van der Waals surface area (Å²) in [5.74, 6) is -0.910. The number of hydrogen-bond donors (Lipinski definition) is 1. The number of hydrogen-bond acceptors (Lipinski definition) is 4. The monoisotopic (exact) mass is 230 g/mol. The van der Waals surface area contributed by atoms with Crippen LogP contribution >= 0.6 is 0 Å². The van der Waals surface area contributed by atoms with Gasteiger partial charge in [-0.05, 0) is 0 Å². The normalized spacial score (nSPS) is 22.5. The first-order valence-corrected chi connectivity index (χ1v) is 5.23. The maximum Gasteiger partial charge on any atom is 0.305 e. The highest BCUT2D eigenvalue weighted by Gasteiger charge is 2.30. The Morgan fingerprint density at radius 1 is 1.62 bits per heavy atom. The number of carbonyl (C=O) groups excluding carboxylic acids is 1. The first-order valence-electron chi connectivity index (χ1n) is 5.23. The molecule has 1 aliphatic heterocycles. The van der Waals surface area contributed by atoms with Crippen molar-refractivity contribution in [2.75, 3.05) is 40.4 Å². The molecule has 1 heterocycles. The summed E-state index contributed by atoms with van der Waals surface area (Å²) >= 11 is 0. The minimum Gasteiger partial charge on any atom is -0.481 e. The van der Waals surface area contributed by atoms with Crippen molar-refractivity contribution in [1.82, 2.24) is 9.80 Å². The van der Waals surface area contributed by atoms with Crippen LogP contribution in [0.25, 0.3) is 0 Å². The zero-order valence-corrected chi connectivity index (χ0v) is 9.68. The molecule has 0 aliphatic carbocycles. The predicted molar refractivity (Wildman–Crippen MR) is 57.1 cm³/mol. The van der Waals surface area contributed by atoms with Crippen LogP contribution in [0.3, 0.4) is 0 Å². The Bertz CT molecular complexity index is 270. The Labute approximate surface area is 94.8 Å². The first kappa shape index (κ1) is 12.9. The molecule has 1 fully saturated rings. The van der Waals surface area contributed by atoms with Crippen LogP contribution in [0.1, 0.15) is 6.42 Å². The van der Waals surface area contributed by atoms with E-state index in [-0.39, 0.29) is 18.4 Å². The number of ether oxygens (including phenoxy) is 1. The van der Waals surface area contributed by atoms with Crippen LogP contribution in [0.4, 0.5) is 0 Å². The number of carboxylic acids is 1. The first-order chi connectivity index (χ1) is 7.54. The Kier molecular flexibility index (Phi) is 4.70. The molecule has 1 saturated heterocycles. The number of rotatable bonds is 5. The van der Waals surface area contributed by atoms with Crippen molar-refractivity contribution in [3.63, 3.8) is 0 Å². The maximum absolute atomic E-state index is 11.6. The van der Waals surface area contributed by atoms with Gasteiger partial charge in [-0.1, -0.05) is 0 Å². The molecule has 0 aromatic rings. The zero-order chi connectivity index (χ0) is 12.1. The average Bonchev–Trinajstić information content (AvgIpc) is 2.21. The molecular weight excluding hydrogens is 212 g/mol. The highest BCUT2D eigenvalue weighted by Crippen LogP contribution is 2.11. The van der Waals surface area contributed by atoms with Crippen LogP contribution in [-0.2, 0) is 14.3 Å². The lowest BCUT2D eigenvalue weighted by Gasteiger charge is -2.38. The van der Waals surface area contributed by atoms with E-state index in [4.69, 9.17) is 9.84 Å². The molecule has 1 unspecified atom stereocenters. The fourth-order valence-electron chi connectivity index (χ4n) is 1.79. The van der Waals surface area contributed by atoms with E-state index >= 15 is 0 Å². The van der Waals surface area contributed by atoms with Gasteiger partial charge in [0.1, 0.15) is 0 Å². The van der Waals surface area contributed by atoms with Crippen molar-refractivity contribution in [2.45, 2.75) is 12.5 Å². The van der Waals surface area contributed by atoms with Gasteiger partial charge < -0.3 is 14.7 Å². The van der Waals surface area contributed by atoms with Crippen LogP contribution in [0.5, 0.6) is 0 Å². The number of nitrogens with zero attached hydrogens (tertiary/aromatic N) is 2. The highest BCUT2D eigenvalue weighted by atomic mass is 16.5. The third-order valence-corrected chi connectivity index (χ3v) is 2.79. The predicted octanol–water partition coefficient (Wildman–Crippen LogP) is -0.750. The fourth-order valence-corrected chi connectivity index (χ4v) is 1.79. The summed E-state index contributed by atoms with van der Waals surface area (Å²) in [5.41, 5.74) is 0. The third-order valence-electron chi connectivity index (χ3n) is 2.79. The summed E-state index contributed by atoms with van der Waals surface area (Å²) in [4.78, 5) is 25.7. The summed E-state index contributed by atoms with van der Waals surface area (Å²) < 4.78 is 4.94. The summed E-state index contributed by atoms with van der Waals surface area (Å²) in [7, 11) is 3.26. The fraction of sp³-hybridized carbons (Fsp3) is 0.800. The van der Waals surface area contributed by atoms with Crippen LogP contribution in [-0.4, -0.2) is 73.2 Å². The molecule has 92 valence electrons. The molecule has 0 bridgehead atoms. The van der Waals surface area contributed by atoms with E-state index < -0.39 is 5.97 Å². The number of carboxylic acid groups (broad SMARTS) is 1. The molecule has 1 N–H and O–H groups in total. The molecule has 6 nitrogen and oxygen atoms in total.